The van der Waals surface area contributed by atoms with E-state index in [1.54, 1.807) is 61.3 Å². The maximum Gasteiger partial charge on any atom is 0.239 e. The summed E-state index contributed by atoms with van der Waals surface area (Å²) in [5.74, 6) is 1.49. The molecule has 0 aliphatic heterocycles. The second kappa shape index (κ2) is 18.8. The van der Waals surface area contributed by atoms with Gasteiger partial charge in [0.1, 0.15) is 11.6 Å². The number of Topliss-reactive ketones (excluding diaryl/α,β-unsaturated/α-hetero) is 2. The van der Waals surface area contributed by atoms with Crippen LogP contribution in [0.2, 0.25) is 10.2 Å². The molecular weight excluding hydrogens is 883 g/mol. The molecule has 4 heterocycles. The van der Waals surface area contributed by atoms with E-state index in [1.807, 2.05) is 50.2 Å². The van der Waals surface area contributed by atoms with Gasteiger partial charge in [0.2, 0.25) is 5.88 Å². The Morgan fingerprint density at radius 3 is 1.65 bits per heavy atom. The molecular formula is C50H53Cl2FN8O5. The van der Waals surface area contributed by atoms with Gasteiger partial charge in [0.05, 0.1) is 51.4 Å². The summed E-state index contributed by atoms with van der Waals surface area (Å²) < 4.78 is 22.9. The Bertz CT molecular complexity index is 2970. The summed E-state index contributed by atoms with van der Waals surface area (Å²) in [7, 11) is 0. The lowest BCUT2D eigenvalue weighted by Crippen LogP contribution is -2.29. The number of halogens is 3. The molecule has 0 atom stereocenters. The first kappa shape index (κ1) is 46.6. The van der Waals surface area contributed by atoms with Crippen LogP contribution in [0.4, 0.5) is 15.8 Å². The predicted molar refractivity (Wildman–Crippen MR) is 256 cm³/mol. The van der Waals surface area contributed by atoms with Gasteiger partial charge in [-0.1, -0.05) is 47.5 Å². The van der Waals surface area contributed by atoms with Gasteiger partial charge in [-0.25, -0.2) is 23.4 Å². The van der Waals surface area contributed by atoms with E-state index >= 15 is 0 Å². The summed E-state index contributed by atoms with van der Waals surface area (Å²) in [6.45, 7) is 11.4. The molecule has 3 aromatic carbocycles. The van der Waals surface area contributed by atoms with Gasteiger partial charge >= 0.3 is 0 Å². The van der Waals surface area contributed by atoms with Crippen LogP contribution in [0.3, 0.4) is 0 Å². The molecule has 0 unspecified atom stereocenters. The number of hydrogen-bond donors (Lipinski definition) is 4. The third-order valence-electron chi connectivity index (χ3n) is 11.4. The zero-order valence-corrected chi connectivity index (χ0v) is 39.3. The minimum absolute atomic E-state index is 0.0610. The molecule has 4 N–H and O–H groups in total. The number of nitrogens with one attached hydrogen (secondary N) is 2. The zero-order chi connectivity index (χ0) is 47.1. The highest BCUT2D eigenvalue weighted by molar-refractivity contribution is 6.31. The van der Waals surface area contributed by atoms with E-state index in [0.717, 1.165) is 51.9 Å². The molecule has 344 valence electrons. The van der Waals surface area contributed by atoms with Crippen molar-refractivity contribution in [3.05, 3.63) is 117 Å². The van der Waals surface area contributed by atoms with Crippen molar-refractivity contribution in [3.8, 4) is 34.1 Å². The number of benzene rings is 3. The van der Waals surface area contributed by atoms with Gasteiger partial charge in [-0.3, -0.25) is 9.59 Å². The molecule has 2 aliphatic rings. The summed E-state index contributed by atoms with van der Waals surface area (Å²) in [5, 5.41) is 35.9. The van der Waals surface area contributed by atoms with E-state index in [2.05, 4.69) is 30.8 Å². The summed E-state index contributed by atoms with van der Waals surface area (Å²) in [6, 6.07) is 19.0. The number of carbonyl (C=O) groups excluding carboxylic acids is 2. The van der Waals surface area contributed by atoms with Crippen LogP contribution in [0.15, 0.2) is 79.1 Å². The lowest BCUT2D eigenvalue weighted by Gasteiger charge is -2.19. The fourth-order valence-electron chi connectivity index (χ4n) is 7.53. The first-order valence-electron chi connectivity index (χ1n) is 22.1. The number of ether oxygens (including phenoxy) is 1. The van der Waals surface area contributed by atoms with Gasteiger partial charge in [0, 0.05) is 66.4 Å². The maximum atomic E-state index is 13.6. The van der Waals surface area contributed by atoms with Crippen molar-refractivity contribution in [2.75, 3.05) is 23.7 Å². The topological polar surface area (TPSA) is 168 Å². The van der Waals surface area contributed by atoms with E-state index in [9.17, 15) is 24.2 Å². The molecule has 0 saturated heterocycles. The van der Waals surface area contributed by atoms with Gasteiger partial charge in [-0.2, -0.15) is 5.10 Å². The number of anilines is 2. The molecule has 16 heteroatoms. The molecule has 9 rings (SSSR count). The van der Waals surface area contributed by atoms with Crippen molar-refractivity contribution in [2.45, 2.75) is 91.3 Å². The average molecular weight is 936 g/mol. The molecule has 4 aromatic heterocycles. The second-order valence-corrected chi connectivity index (χ2v) is 19.5. The Balaban J connectivity index is 0.000000185. The summed E-state index contributed by atoms with van der Waals surface area (Å²) in [5.41, 5.74) is 7.24. The molecule has 0 spiro atoms. The van der Waals surface area contributed by atoms with Gasteiger partial charge in [0.15, 0.2) is 28.0 Å². The number of nitrogens with zero attached hydrogens (tertiary/aromatic N) is 6. The summed E-state index contributed by atoms with van der Waals surface area (Å²) in [4.78, 5) is 34.2. The van der Waals surface area contributed by atoms with Crippen molar-refractivity contribution >= 4 is 57.4 Å². The number of aliphatic hydroxyl groups is 2. The summed E-state index contributed by atoms with van der Waals surface area (Å²) in [6.07, 6.45) is 9.29. The molecule has 2 saturated carbocycles. The van der Waals surface area contributed by atoms with E-state index in [4.69, 9.17) is 27.9 Å². The van der Waals surface area contributed by atoms with Crippen molar-refractivity contribution in [3.63, 3.8) is 0 Å². The van der Waals surface area contributed by atoms with Gasteiger partial charge < -0.3 is 25.6 Å². The standard InChI is InChI=1S/C28H28ClFN4O3.C22H25ClN4O2/c1-16-10-18(6-8-20(16)25(35)11-17-4-5-17)24-14-31-27-23(32-15-28(2,3)36)13-26(33-34(24)27)37-19-7-9-22(30)21(29)12-19;1-13-8-15(6-7-16(13)19(28)9-14-4-5-14)18-11-24-21-17(25-12-22(2,3)29)10-20(23)26-27(18)21/h6-10,12-14,17,32,36H,4-5,11,15H2,1-3H3;6-8,10-11,14,25,29H,4-5,9,12H2,1-3H3. The number of rotatable bonds is 16. The van der Waals surface area contributed by atoms with Crippen molar-refractivity contribution in [2.24, 2.45) is 11.8 Å². The van der Waals surface area contributed by atoms with Gasteiger partial charge in [-0.15, -0.1) is 5.10 Å². The first-order chi connectivity index (χ1) is 31.3. The molecule has 2 fully saturated rings. The van der Waals surface area contributed by atoms with Crippen LogP contribution >= 0.6 is 23.2 Å². The van der Waals surface area contributed by atoms with Crippen LogP contribution < -0.4 is 15.4 Å². The minimum atomic E-state index is -0.971. The van der Waals surface area contributed by atoms with E-state index in [0.29, 0.717) is 70.5 Å². The van der Waals surface area contributed by atoms with Gasteiger partial charge in [-0.05, 0) is 114 Å². The predicted octanol–water partition coefficient (Wildman–Crippen LogP) is 11.0. The van der Waals surface area contributed by atoms with Crippen molar-refractivity contribution in [1.82, 2.24) is 29.2 Å². The van der Waals surface area contributed by atoms with Crippen LogP contribution in [0.1, 0.15) is 98.1 Å². The zero-order valence-electron chi connectivity index (χ0n) is 37.8. The molecule has 0 radical (unpaired) electrons. The Kier molecular flexibility index (Phi) is 13.2. The number of fused-ring (bicyclic) bond motifs is 2. The number of aromatic nitrogens is 6. The highest BCUT2D eigenvalue weighted by atomic mass is 35.5. The average Bonchev–Trinajstić information content (AvgIpc) is 4.16. The van der Waals surface area contributed by atoms with Crippen LogP contribution in [0, 0.1) is 31.5 Å². The number of ketones is 2. The quantitative estimate of drug-likeness (QED) is 0.0681. The lowest BCUT2D eigenvalue weighted by molar-refractivity contribution is 0.0939. The fraction of sp³-hybridized carbons (Fsp3) is 0.360. The Hall–Kier alpha value is -5.93. The van der Waals surface area contributed by atoms with Crippen LogP contribution in [-0.2, 0) is 0 Å². The fourth-order valence-corrected chi connectivity index (χ4v) is 7.89. The molecule has 66 heavy (non-hydrogen) atoms. The van der Waals surface area contributed by atoms with E-state index in [1.165, 1.54) is 31.0 Å². The number of imidazole rings is 2. The van der Waals surface area contributed by atoms with Gasteiger partial charge in [0.25, 0.3) is 0 Å². The largest absolute Gasteiger partial charge is 0.437 e. The Morgan fingerprint density at radius 1 is 0.712 bits per heavy atom. The molecule has 0 bridgehead atoms. The third kappa shape index (κ3) is 11.4. The third-order valence-corrected chi connectivity index (χ3v) is 11.9. The van der Waals surface area contributed by atoms with E-state index in [-0.39, 0.29) is 29.0 Å². The van der Waals surface area contributed by atoms with Crippen molar-refractivity contribution in [1.29, 1.82) is 0 Å². The van der Waals surface area contributed by atoms with Crippen LogP contribution in [0.25, 0.3) is 33.8 Å². The molecule has 2 aliphatic carbocycles. The Labute approximate surface area is 392 Å². The Morgan fingerprint density at radius 2 is 1.20 bits per heavy atom. The van der Waals surface area contributed by atoms with Crippen LogP contribution in [-0.4, -0.2) is 75.3 Å². The normalized spacial score (nSPS) is 14.0. The SMILES string of the molecule is Cc1cc(-c2cnc3c(NCC(C)(C)O)cc(Cl)nn23)ccc1C(=O)CC1CC1.Cc1cc(-c2cnc3c(NCC(C)(C)O)cc(Oc4ccc(F)c(Cl)c4)nn23)ccc1C(=O)CC1CC1. The summed E-state index contributed by atoms with van der Waals surface area (Å²) >= 11 is 12.2. The number of aryl methyl sites for hydroxylation is 2. The monoisotopic (exact) mass is 934 g/mol. The molecule has 7 aromatic rings. The molecule has 13 nitrogen and oxygen atoms in total. The maximum absolute atomic E-state index is 13.6. The van der Waals surface area contributed by atoms with E-state index < -0.39 is 17.0 Å². The highest BCUT2D eigenvalue weighted by Crippen LogP contribution is 2.37. The lowest BCUT2D eigenvalue weighted by atomic mass is 9.98. The van der Waals surface area contributed by atoms with Crippen molar-refractivity contribution < 1.29 is 28.9 Å². The number of hydrogen-bond acceptors (Lipinski definition) is 11. The smallest absolute Gasteiger partial charge is 0.239 e. The first-order valence-corrected chi connectivity index (χ1v) is 22.8. The second-order valence-electron chi connectivity index (χ2n) is 18.7. The highest BCUT2D eigenvalue weighted by Gasteiger charge is 2.27. The van der Waals surface area contributed by atoms with Crippen LogP contribution in [0.5, 0.6) is 11.6 Å². The number of carbonyl (C=O) groups is 2. The minimum Gasteiger partial charge on any atom is -0.437 e. The molecule has 0 amide bonds.